The van der Waals surface area contributed by atoms with Crippen LogP contribution in [0.1, 0.15) is 4.88 Å². The molecule has 0 unspecified atom stereocenters. The van der Waals surface area contributed by atoms with E-state index in [4.69, 9.17) is 4.74 Å². The first-order valence-electron chi connectivity index (χ1n) is 6.05. The number of anilines is 1. The van der Waals surface area contributed by atoms with Gasteiger partial charge in [-0.2, -0.15) is 4.98 Å². The van der Waals surface area contributed by atoms with Crippen molar-refractivity contribution < 1.29 is 4.74 Å². The van der Waals surface area contributed by atoms with E-state index in [2.05, 4.69) is 50.9 Å². The summed E-state index contributed by atoms with van der Waals surface area (Å²) in [6.07, 6.45) is 0. The largest absolute Gasteiger partial charge is 0.438 e. The second-order valence-electron chi connectivity index (χ2n) is 4.24. The van der Waals surface area contributed by atoms with Crippen LogP contribution in [0.25, 0.3) is 10.2 Å². The summed E-state index contributed by atoms with van der Waals surface area (Å²) in [5.41, 5.74) is 0. The summed E-state index contributed by atoms with van der Waals surface area (Å²) in [4.78, 5) is 11.0. The Kier molecular flexibility index (Phi) is 3.75. The standard InChI is InChI=1S/C14H12IN3OS/c1-8-6-11-12(17-14(16-2)18-13(11)20-8)19-10-5-3-4-9(15)7-10/h3-7H,1-2H3,(H,16,17,18). The van der Waals surface area contributed by atoms with Gasteiger partial charge in [0.1, 0.15) is 10.6 Å². The second kappa shape index (κ2) is 5.53. The molecule has 6 heteroatoms. The Labute approximate surface area is 134 Å². The number of halogens is 1. The number of hydrogen-bond donors (Lipinski definition) is 1. The fourth-order valence-electron chi connectivity index (χ4n) is 1.85. The lowest BCUT2D eigenvalue weighted by Gasteiger charge is -2.07. The van der Waals surface area contributed by atoms with Crippen LogP contribution in [0.4, 0.5) is 5.95 Å². The molecule has 0 amide bonds. The molecule has 2 aromatic heterocycles. The highest BCUT2D eigenvalue weighted by Gasteiger charge is 2.12. The number of benzene rings is 1. The van der Waals surface area contributed by atoms with Crippen molar-refractivity contribution in [3.63, 3.8) is 0 Å². The number of hydrogen-bond acceptors (Lipinski definition) is 5. The average molecular weight is 397 g/mol. The topological polar surface area (TPSA) is 47.0 Å². The molecule has 0 aliphatic rings. The number of aryl methyl sites for hydroxylation is 1. The molecule has 0 bridgehead atoms. The first-order valence-corrected chi connectivity index (χ1v) is 7.94. The molecule has 0 atom stereocenters. The van der Waals surface area contributed by atoms with Crippen LogP contribution in [0.3, 0.4) is 0 Å². The molecule has 2 heterocycles. The summed E-state index contributed by atoms with van der Waals surface area (Å²) in [6, 6.07) is 9.95. The molecule has 3 aromatic rings. The van der Waals surface area contributed by atoms with Gasteiger partial charge in [-0.1, -0.05) is 6.07 Å². The number of fused-ring (bicyclic) bond motifs is 1. The Bertz CT molecular complexity index is 772. The smallest absolute Gasteiger partial charge is 0.232 e. The van der Waals surface area contributed by atoms with Crippen LogP contribution in [-0.4, -0.2) is 17.0 Å². The summed E-state index contributed by atoms with van der Waals surface area (Å²) in [6.45, 7) is 2.06. The zero-order chi connectivity index (χ0) is 14.1. The maximum Gasteiger partial charge on any atom is 0.232 e. The van der Waals surface area contributed by atoms with Gasteiger partial charge >= 0.3 is 0 Å². The number of ether oxygens (including phenoxy) is 1. The molecule has 0 saturated heterocycles. The minimum Gasteiger partial charge on any atom is -0.438 e. The van der Waals surface area contributed by atoms with Crippen molar-refractivity contribution in [2.75, 3.05) is 12.4 Å². The summed E-state index contributed by atoms with van der Waals surface area (Å²) >= 11 is 3.90. The van der Waals surface area contributed by atoms with E-state index in [-0.39, 0.29) is 0 Å². The van der Waals surface area contributed by atoms with Crippen LogP contribution in [0, 0.1) is 10.5 Å². The van der Waals surface area contributed by atoms with Crippen molar-refractivity contribution in [1.82, 2.24) is 9.97 Å². The molecular weight excluding hydrogens is 385 g/mol. The zero-order valence-electron chi connectivity index (χ0n) is 11.0. The van der Waals surface area contributed by atoms with Gasteiger partial charge in [0.05, 0.1) is 5.39 Å². The van der Waals surface area contributed by atoms with E-state index in [0.29, 0.717) is 11.8 Å². The summed E-state index contributed by atoms with van der Waals surface area (Å²) in [5, 5.41) is 3.92. The molecular formula is C14H12IN3OS. The Morgan fingerprint density at radius 1 is 1.25 bits per heavy atom. The predicted molar refractivity (Wildman–Crippen MR) is 90.9 cm³/mol. The zero-order valence-corrected chi connectivity index (χ0v) is 13.9. The molecule has 0 saturated carbocycles. The van der Waals surface area contributed by atoms with Crippen molar-refractivity contribution >= 4 is 50.1 Å². The van der Waals surface area contributed by atoms with Crippen molar-refractivity contribution in [3.8, 4) is 11.6 Å². The third kappa shape index (κ3) is 2.71. The molecule has 3 rings (SSSR count). The lowest BCUT2D eigenvalue weighted by Crippen LogP contribution is -1.98. The van der Waals surface area contributed by atoms with Gasteiger partial charge < -0.3 is 10.1 Å². The molecule has 0 radical (unpaired) electrons. The van der Waals surface area contributed by atoms with Gasteiger partial charge in [-0.25, -0.2) is 4.98 Å². The number of rotatable bonds is 3. The monoisotopic (exact) mass is 397 g/mol. The highest BCUT2D eigenvalue weighted by atomic mass is 127. The average Bonchev–Trinajstić information content (AvgIpc) is 2.79. The van der Waals surface area contributed by atoms with Gasteiger partial charge in [0.15, 0.2) is 0 Å². The van der Waals surface area contributed by atoms with Crippen LogP contribution in [0.2, 0.25) is 0 Å². The minimum absolute atomic E-state index is 0.569. The van der Waals surface area contributed by atoms with E-state index in [1.54, 1.807) is 18.4 Å². The van der Waals surface area contributed by atoms with Gasteiger partial charge in [-0.15, -0.1) is 11.3 Å². The quantitative estimate of drug-likeness (QED) is 0.664. The Morgan fingerprint density at radius 2 is 2.10 bits per heavy atom. The first-order chi connectivity index (χ1) is 9.65. The molecule has 4 nitrogen and oxygen atoms in total. The van der Waals surface area contributed by atoms with E-state index in [9.17, 15) is 0 Å². The summed E-state index contributed by atoms with van der Waals surface area (Å²) in [5.74, 6) is 1.94. The highest BCUT2D eigenvalue weighted by molar-refractivity contribution is 14.1. The molecule has 1 N–H and O–H groups in total. The van der Waals surface area contributed by atoms with Crippen LogP contribution < -0.4 is 10.1 Å². The minimum atomic E-state index is 0.569. The number of nitrogens with zero attached hydrogens (tertiary/aromatic N) is 2. The highest BCUT2D eigenvalue weighted by Crippen LogP contribution is 2.33. The number of thiophene rings is 1. The third-order valence-electron chi connectivity index (χ3n) is 2.72. The lowest BCUT2D eigenvalue weighted by atomic mass is 10.3. The molecule has 0 aliphatic heterocycles. The third-order valence-corrected chi connectivity index (χ3v) is 4.33. The molecule has 0 spiro atoms. The van der Waals surface area contributed by atoms with Crippen molar-refractivity contribution in [2.45, 2.75) is 6.92 Å². The SMILES string of the molecule is CNc1nc(Oc2cccc(I)c2)c2cc(C)sc2n1. The molecule has 1 aromatic carbocycles. The molecule has 0 aliphatic carbocycles. The van der Waals surface area contributed by atoms with E-state index in [1.165, 1.54) is 4.88 Å². The van der Waals surface area contributed by atoms with Gasteiger partial charge in [0.25, 0.3) is 0 Å². The van der Waals surface area contributed by atoms with E-state index in [1.807, 2.05) is 24.3 Å². The fraction of sp³-hybridized carbons (Fsp3) is 0.143. The van der Waals surface area contributed by atoms with Gasteiger partial charge in [-0.3, -0.25) is 0 Å². The normalized spacial score (nSPS) is 10.8. The van der Waals surface area contributed by atoms with Crippen LogP contribution >= 0.6 is 33.9 Å². The van der Waals surface area contributed by atoms with Gasteiger partial charge in [0.2, 0.25) is 11.8 Å². The van der Waals surface area contributed by atoms with E-state index < -0.39 is 0 Å². The van der Waals surface area contributed by atoms with E-state index in [0.717, 1.165) is 19.5 Å². The van der Waals surface area contributed by atoms with Crippen LogP contribution in [0.5, 0.6) is 11.6 Å². The summed E-state index contributed by atoms with van der Waals surface area (Å²) in [7, 11) is 1.80. The predicted octanol–water partition coefficient (Wildman–Crippen LogP) is 4.44. The fourth-order valence-corrected chi connectivity index (χ4v) is 3.23. The van der Waals surface area contributed by atoms with Crippen molar-refractivity contribution in [3.05, 3.63) is 38.8 Å². The Balaban J connectivity index is 2.09. The van der Waals surface area contributed by atoms with E-state index >= 15 is 0 Å². The second-order valence-corrected chi connectivity index (χ2v) is 6.72. The Hall–Kier alpha value is -1.41. The summed E-state index contributed by atoms with van der Waals surface area (Å²) < 4.78 is 7.06. The maximum absolute atomic E-state index is 5.94. The van der Waals surface area contributed by atoms with Gasteiger partial charge in [-0.05, 0) is 53.8 Å². The molecule has 102 valence electrons. The Morgan fingerprint density at radius 3 is 2.85 bits per heavy atom. The lowest BCUT2D eigenvalue weighted by molar-refractivity contribution is 0.469. The molecule has 20 heavy (non-hydrogen) atoms. The van der Waals surface area contributed by atoms with Crippen molar-refractivity contribution in [2.24, 2.45) is 0 Å². The van der Waals surface area contributed by atoms with Crippen LogP contribution in [-0.2, 0) is 0 Å². The van der Waals surface area contributed by atoms with Crippen LogP contribution in [0.15, 0.2) is 30.3 Å². The number of aromatic nitrogens is 2. The molecule has 0 fully saturated rings. The van der Waals surface area contributed by atoms with Crippen molar-refractivity contribution in [1.29, 1.82) is 0 Å². The first kappa shape index (κ1) is 13.6. The maximum atomic E-state index is 5.94. The van der Waals surface area contributed by atoms with Gasteiger partial charge in [0, 0.05) is 15.5 Å². The number of nitrogens with one attached hydrogen (secondary N) is 1.